The molecule has 3 aromatic heterocycles. The average molecular weight is 590 g/mol. The van der Waals surface area contributed by atoms with Gasteiger partial charge < -0.3 is 9.51 Å². The van der Waals surface area contributed by atoms with Gasteiger partial charge >= 0.3 is 5.91 Å². The normalized spacial score (nSPS) is 16.7. The van der Waals surface area contributed by atoms with Crippen LogP contribution in [-0.2, 0) is 15.3 Å². The molecular weight excluding hydrogens is 568 g/mol. The van der Waals surface area contributed by atoms with E-state index in [-0.39, 0.29) is 28.0 Å². The zero-order valence-electron chi connectivity index (χ0n) is 21.7. The number of aliphatic hydroxyl groups excluding tert-OH is 1. The molecule has 0 spiro atoms. The van der Waals surface area contributed by atoms with E-state index >= 15 is 0 Å². The molecular formula is C29H21F2N5O3S2. The van der Waals surface area contributed by atoms with Crippen molar-refractivity contribution in [2.24, 2.45) is 0 Å². The molecule has 1 unspecified atom stereocenters. The first-order valence-electron chi connectivity index (χ1n) is 12.5. The van der Waals surface area contributed by atoms with E-state index in [1.54, 1.807) is 35.7 Å². The van der Waals surface area contributed by atoms with Crippen molar-refractivity contribution in [3.8, 4) is 0 Å². The van der Waals surface area contributed by atoms with Gasteiger partial charge in [0.1, 0.15) is 23.0 Å². The minimum atomic E-state index is -1.11. The van der Waals surface area contributed by atoms with E-state index in [4.69, 9.17) is 0 Å². The predicted octanol–water partition coefficient (Wildman–Crippen LogP) is 6.00. The Hall–Kier alpha value is -4.42. The third-order valence-electron chi connectivity index (χ3n) is 6.85. The number of pyridine rings is 1. The number of hydrogen-bond acceptors (Lipinski definition) is 8. The smallest absolute Gasteiger partial charge is 0.301 e. The summed E-state index contributed by atoms with van der Waals surface area (Å²) in [7, 11) is 0. The second-order valence-electron chi connectivity index (χ2n) is 9.38. The number of aromatic nitrogens is 4. The van der Waals surface area contributed by atoms with Crippen molar-refractivity contribution in [3.63, 3.8) is 0 Å². The highest BCUT2D eigenvalue weighted by Gasteiger charge is 2.48. The third kappa shape index (κ3) is 4.68. The molecule has 12 heteroatoms. The fourth-order valence-corrected chi connectivity index (χ4v) is 6.63. The fraction of sp³-hybridized carbons (Fsp3) is 0.138. The number of Topliss-reactive ketones (excluding diaryl/α,β-unsaturated/α-hetero) is 1. The lowest BCUT2D eigenvalue weighted by Gasteiger charge is -2.22. The Kier molecular flexibility index (Phi) is 6.88. The Balaban J connectivity index is 1.44. The van der Waals surface area contributed by atoms with E-state index in [2.05, 4.69) is 15.2 Å². The van der Waals surface area contributed by atoms with Gasteiger partial charge in [-0.2, -0.15) is 0 Å². The summed E-state index contributed by atoms with van der Waals surface area (Å²) in [5, 5.41) is 19.9. The molecule has 1 aliphatic heterocycles. The molecule has 1 aliphatic rings. The molecule has 1 N–H and O–H groups in total. The molecule has 8 nitrogen and oxygen atoms in total. The van der Waals surface area contributed by atoms with E-state index in [0.717, 1.165) is 21.8 Å². The number of ketones is 1. The van der Waals surface area contributed by atoms with E-state index < -0.39 is 29.3 Å². The number of aryl methyl sites for hydroxylation is 2. The lowest BCUT2D eigenvalue weighted by Crippen LogP contribution is -2.29. The number of imidazole rings is 1. The Labute approximate surface area is 241 Å². The van der Waals surface area contributed by atoms with Crippen molar-refractivity contribution >= 4 is 51.3 Å². The maximum atomic E-state index is 14.1. The fourth-order valence-electron chi connectivity index (χ4n) is 4.78. The summed E-state index contributed by atoms with van der Waals surface area (Å²) in [5.74, 6) is -2.85. The zero-order chi connectivity index (χ0) is 28.8. The van der Waals surface area contributed by atoms with Gasteiger partial charge in [0, 0.05) is 11.9 Å². The summed E-state index contributed by atoms with van der Waals surface area (Å²) < 4.78 is 30.2. The molecule has 6 rings (SSSR count). The molecule has 1 saturated heterocycles. The maximum Gasteiger partial charge on any atom is 0.301 e. The van der Waals surface area contributed by atoms with E-state index in [1.165, 1.54) is 42.1 Å². The SMILES string of the molecule is Cc1cccn2c(C)c(C(O)=C3C(=O)C(=O)N(c4nnc(SCc5ccccc5F)s4)C3c3ccc(F)cc3)nc12. The van der Waals surface area contributed by atoms with Crippen LogP contribution in [0, 0.1) is 25.5 Å². The predicted molar refractivity (Wildman–Crippen MR) is 152 cm³/mol. The highest BCUT2D eigenvalue weighted by molar-refractivity contribution is 8.00. The second-order valence-corrected chi connectivity index (χ2v) is 11.6. The van der Waals surface area contributed by atoms with Crippen molar-refractivity contribution in [1.82, 2.24) is 19.6 Å². The number of carbonyl (C=O) groups is 2. The summed E-state index contributed by atoms with van der Waals surface area (Å²) in [6.07, 6.45) is 1.79. The minimum Gasteiger partial charge on any atom is -0.505 e. The number of amides is 1. The van der Waals surface area contributed by atoms with Gasteiger partial charge in [-0.25, -0.2) is 13.8 Å². The number of fused-ring (bicyclic) bond motifs is 1. The lowest BCUT2D eigenvalue weighted by molar-refractivity contribution is -0.132. The van der Waals surface area contributed by atoms with Gasteiger partial charge in [-0.15, -0.1) is 10.2 Å². The number of nitrogens with zero attached hydrogens (tertiary/aromatic N) is 5. The van der Waals surface area contributed by atoms with E-state index in [1.807, 2.05) is 19.1 Å². The van der Waals surface area contributed by atoms with Crippen molar-refractivity contribution in [3.05, 3.63) is 112 Å². The van der Waals surface area contributed by atoms with Crippen LogP contribution in [0.15, 0.2) is 76.8 Å². The van der Waals surface area contributed by atoms with Crippen LogP contribution in [0.3, 0.4) is 0 Å². The highest BCUT2D eigenvalue weighted by atomic mass is 32.2. The molecule has 0 radical (unpaired) electrons. The van der Waals surface area contributed by atoms with Gasteiger partial charge in [-0.05, 0) is 54.8 Å². The van der Waals surface area contributed by atoms with Crippen LogP contribution in [-0.4, -0.2) is 36.4 Å². The summed E-state index contributed by atoms with van der Waals surface area (Å²) in [4.78, 5) is 32.7. The maximum absolute atomic E-state index is 14.1. The monoisotopic (exact) mass is 589 g/mol. The molecule has 5 aromatic rings. The Morgan fingerprint density at radius 1 is 1.02 bits per heavy atom. The molecule has 1 amide bonds. The number of aliphatic hydroxyl groups is 1. The van der Waals surface area contributed by atoms with E-state index in [9.17, 15) is 23.5 Å². The standard InChI is InChI=1S/C29H21F2N5O3S2/c1-15-6-5-13-35-16(2)22(32-26(15)35)24(37)21-23(17-9-11-19(30)12-10-17)36(27(39)25(21)38)28-33-34-29(41-28)40-14-18-7-3-4-8-20(18)31/h3-13,23,37H,14H2,1-2H3. The summed E-state index contributed by atoms with van der Waals surface area (Å²) in [5.41, 5.74) is 2.87. The average Bonchev–Trinajstić information content (AvgIpc) is 3.64. The number of anilines is 1. The topological polar surface area (TPSA) is 101 Å². The minimum absolute atomic E-state index is 0.110. The van der Waals surface area contributed by atoms with Crippen LogP contribution in [0.5, 0.6) is 0 Å². The largest absolute Gasteiger partial charge is 0.505 e. The van der Waals surface area contributed by atoms with Crippen LogP contribution in [0.1, 0.15) is 34.1 Å². The van der Waals surface area contributed by atoms with Crippen LogP contribution < -0.4 is 4.90 Å². The first-order valence-corrected chi connectivity index (χ1v) is 14.3. The Bertz CT molecular complexity index is 1870. The molecule has 0 saturated carbocycles. The molecule has 4 heterocycles. The highest BCUT2D eigenvalue weighted by Crippen LogP contribution is 2.44. The van der Waals surface area contributed by atoms with Gasteiger partial charge in [-0.3, -0.25) is 14.5 Å². The van der Waals surface area contributed by atoms with Crippen molar-refractivity contribution in [2.75, 3.05) is 4.90 Å². The van der Waals surface area contributed by atoms with Crippen molar-refractivity contribution in [1.29, 1.82) is 0 Å². The van der Waals surface area contributed by atoms with E-state index in [0.29, 0.717) is 26.8 Å². The molecule has 0 aliphatic carbocycles. The summed E-state index contributed by atoms with van der Waals surface area (Å²) in [6, 6.07) is 14.3. The van der Waals surface area contributed by atoms with Crippen LogP contribution in [0.4, 0.5) is 13.9 Å². The van der Waals surface area contributed by atoms with Crippen LogP contribution in [0.25, 0.3) is 11.4 Å². The number of thioether (sulfide) groups is 1. The molecule has 41 heavy (non-hydrogen) atoms. The number of carbonyl (C=O) groups excluding carboxylic acids is 2. The lowest BCUT2D eigenvalue weighted by atomic mass is 9.96. The summed E-state index contributed by atoms with van der Waals surface area (Å²) in [6.45, 7) is 3.63. The number of hydrogen-bond donors (Lipinski definition) is 1. The Morgan fingerprint density at radius 3 is 2.51 bits per heavy atom. The molecule has 2 aromatic carbocycles. The first-order chi connectivity index (χ1) is 19.7. The van der Waals surface area contributed by atoms with Crippen molar-refractivity contribution < 1.29 is 23.5 Å². The number of rotatable bonds is 6. The van der Waals surface area contributed by atoms with Crippen LogP contribution >= 0.6 is 23.1 Å². The van der Waals surface area contributed by atoms with Crippen LogP contribution in [0.2, 0.25) is 0 Å². The van der Waals surface area contributed by atoms with Gasteiger partial charge in [-0.1, -0.05) is 59.5 Å². The molecule has 206 valence electrons. The quantitative estimate of drug-likeness (QED) is 0.0853. The van der Waals surface area contributed by atoms with Gasteiger partial charge in [0.15, 0.2) is 10.1 Å². The van der Waals surface area contributed by atoms with Gasteiger partial charge in [0.25, 0.3) is 5.78 Å². The van der Waals surface area contributed by atoms with Gasteiger partial charge in [0.05, 0.1) is 17.3 Å². The first kappa shape index (κ1) is 26.8. The number of benzene rings is 2. The van der Waals surface area contributed by atoms with Gasteiger partial charge in [0.2, 0.25) is 5.13 Å². The second kappa shape index (κ2) is 10.5. The van der Waals surface area contributed by atoms with Crippen molar-refractivity contribution in [2.45, 2.75) is 30.0 Å². The molecule has 1 atom stereocenters. The Morgan fingerprint density at radius 2 is 1.78 bits per heavy atom. The summed E-state index contributed by atoms with van der Waals surface area (Å²) >= 11 is 2.29. The zero-order valence-corrected chi connectivity index (χ0v) is 23.3. The molecule has 1 fully saturated rings. The third-order valence-corrected chi connectivity index (χ3v) is 8.95. The number of halogens is 2. The molecule has 0 bridgehead atoms.